The molecule has 0 unspecified atom stereocenters. The minimum absolute atomic E-state index is 0.122. The monoisotopic (exact) mass is 370 g/mol. The number of benzene rings is 2. The van der Waals surface area contributed by atoms with Gasteiger partial charge in [0.2, 0.25) is 5.78 Å². The van der Waals surface area contributed by atoms with Crippen LogP contribution in [-0.4, -0.2) is 22.4 Å². The highest BCUT2D eigenvalue weighted by molar-refractivity contribution is 6.14. The van der Waals surface area contributed by atoms with E-state index >= 15 is 0 Å². The number of carbonyl (C=O) groups is 1. The van der Waals surface area contributed by atoms with Gasteiger partial charge in [0.25, 0.3) is 0 Å². The summed E-state index contributed by atoms with van der Waals surface area (Å²) in [6, 6.07) is 19.5. The number of carbonyl (C=O) groups excluding carboxylic acids is 1. The Kier molecular flexibility index (Phi) is 4.14. The van der Waals surface area contributed by atoms with Gasteiger partial charge >= 0.3 is 0 Å². The maximum atomic E-state index is 12.8. The van der Waals surface area contributed by atoms with E-state index in [2.05, 4.69) is 22.0 Å². The van der Waals surface area contributed by atoms with E-state index in [9.17, 15) is 4.79 Å². The minimum Gasteiger partial charge on any atom is -0.478 e. The number of Topliss-reactive ketones (excluding diaryl/α,β-unsaturated/α-hetero) is 1. The number of aromatic nitrogens is 1. The third-order valence-electron chi connectivity index (χ3n) is 4.90. The molecule has 2 aliphatic rings. The second-order valence-corrected chi connectivity index (χ2v) is 6.86. The molecular weight excluding hydrogens is 352 g/mol. The highest BCUT2D eigenvalue weighted by atomic mass is 16.5. The van der Waals surface area contributed by atoms with Crippen molar-refractivity contribution in [3.8, 4) is 11.5 Å². The van der Waals surface area contributed by atoms with Crippen molar-refractivity contribution in [1.29, 1.82) is 0 Å². The van der Waals surface area contributed by atoms with E-state index in [4.69, 9.17) is 9.47 Å². The molecule has 0 spiro atoms. The maximum absolute atomic E-state index is 12.8. The molecule has 138 valence electrons. The summed E-state index contributed by atoms with van der Waals surface area (Å²) in [4.78, 5) is 19.2. The number of fused-ring (bicyclic) bond motifs is 3. The molecule has 5 rings (SSSR count). The number of pyridine rings is 1. The highest BCUT2D eigenvalue weighted by Gasteiger charge is 2.33. The first kappa shape index (κ1) is 16.7. The van der Waals surface area contributed by atoms with Crippen LogP contribution < -0.4 is 9.47 Å². The fourth-order valence-corrected chi connectivity index (χ4v) is 3.54. The number of allylic oxidation sites excluding steroid dienone is 1. The third kappa shape index (κ3) is 3.06. The molecule has 0 bridgehead atoms. The number of hydrogen-bond donors (Lipinski definition) is 0. The van der Waals surface area contributed by atoms with Crippen molar-refractivity contribution in [3.63, 3.8) is 0 Å². The summed E-state index contributed by atoms with van der Waals surface area (Å²) in [5, 5.41) is 0. The Balaban J connectivity index is 1.44. The molecule has 5 heteroatoms. The normalized spacial score (nSPS) is 17.0. The summed E-state index contributed by atoms with van der Waals surface area (Å²) in [6.07, 6.45) is 3.37. The SMILES string of the molecule is O=C1/C(=C/c2ccccn2)Oc2c1ccc1c2CN(Cc2ccccc2)CO1. The lowest BCUT2D eigenvalue weighted by molar-refractivity contribution is 0.0873. The first-order valence-electron chi connectivity index (χ1n) is 9.18. The predicted molar refractivity (Wildman–Crippen MR) is 105 cm³/mol. The van der Waals surface area contributed by atoms with Crippen molar-refractivity contribution < 1.29 is 14.3 Å². The Morgan fingerprint density at radius 3 is 2.71 bits per heavy atom. The Hall–Kier alpha value is -3.44. The van der Waals surface area contributed by atoms with Gasteiger partial charge in [-0.3, -0.25) is 14.7 Å². The molecule has 0 saturated carbocycles. The van der Waals surface area contributed by atoms with Gasteiger partial charge in [0.1, 0.15) is 18.2 Å². The van der Waals surface area contributed by atoms with Crippen LogP contribution in [0.15, 0.2) is 72.6 Å². The fourth-order valence-electron chi connectivity index (χ4n) is 3.54. The number of hydrogen-bond acceptors (Lipinski definition) is 5. The smallest absolute Gasteiger partial charge is 0.232 e. The fraction of sp³-hybridized carbons (Fsp3) is 0.130. The van der Waals surface area contributed by atoms with E-state index in [1.165, 1.54) is 5.56 Å². The Labute approximate surface area is 162 Å². The standard InChI is InChI=1S/C23H18N2O3/c26-22-18-9-10-20-19(14-25(15-27-20)13-16-6-2-1-3-7-16)23(18)28-21(22)12-17-8-4-5-11-24-17/h1-12H,13-15H2/b21-12-. The maximum Gasteiger partial charge on any atom is 0.232 e. The van der Waals surface area contributed by atoms with Crippen LogP contribution in [0.25, 0.3) is 6.08 Å². The molecule has 1 aromatic heterocycles. The average molecular weight is 370 g/mol. The molecule has 28 heavy (non-hydrogen) atoms. The zero-order valence-corrected chi connectivity index (χ0v) is 15.2. The molecule has 0 fully saturated rings. The van der Waals surface area contributed by atoms with Crippen LogP contribution in [0.3, 0.4) is 0 Å². The van der Waals surface area contributed by atoms with Crippen LogP contribution in [0.2, 0.25) is 0 Å². The second kappa shape index (κ2) is 6.94. The van der Waals surface area contributed by atoms with Crippen molar-refractivity contribution in [3.05, 3.63) is 95.0 Å². The molecule has 0 aliphatic carbocycles. The van der Waals surface area contributed by atoms with E-state index in [1.807, 2.05) is 42.5 Å². The van der Waals surface area contributed by atoms with E-state index in [-0.39, 0.29) is 5.78 Å². The van der Waals surface area contributed by atoms with Crippen molar-refractivity contribution >= 4 is 11.9 Å². The first-order chi connectivity index (χ1) is 13.8. The van der Waals surface area contributed by atoms with Crippen molar-refractivity contribution in [1.82, 2.24) is 9.88 Å². The highest BCUT2D eigenvalue weighted by Crippen LogP contribution is 2.42. The van der Waals surface area contributed by atoms with E-state index < -0.39 is 0 Å². The quantitative estimate of drug-likeness (QED) is 0.651. The molecule has 0 amide bonds. The van der Waals surface area contributed by atoms with Gasteiger partial charge in [0.15, 0.2) is 5.76 Å². The topological polar surface area (TPSA) is 51.7 Å². The summed E-state index contributed by atoms with van der Waals surface area (Å²) in [6.45, 7) is 1.94. The summed E-state index contributed by atoms with van der Waals surface area (Å²) in [7, 11) is 0. The van der Waals surface area contributed by atoms with Gasteiger partial charge in [-0.2, -0.15) is 0 Å². The lowest BCUT2D eigenvalue weighted by Crippen LogP contribution is -2.31. The summed E-state index contributed by atoms with van der Waals surface area (Å²) in [5.41, 5.74) is 3.40. The molecule has 3 aromatic rings. The molecule has 5 nitrogen and oxygen atoms in total. The third-order valence-corrected chi connectivity index (χ3v) is 4.90. The molecule has 0 saturated heterocycles. The van der Waals surface area contributed by atoms with Crippen LogP contribution in [0.4, 0.5) is 0 Å². The summed E-state index contributed by atoms with van der Waals surface area (Å²) in [5.74, 6) is 1.54. The zero-order chi connectivity index (χ0) is 18.9. The van der Waals surface area contributed by atoms with Crippen LogP contribution in [0, 0.1) is 0 Å². The van der Waals surface area contributed by atoms with Gasteiger partial charge in [-0.1, -0.05) is 36.4 Å². The van der Waals surface area contributed by atoms with Crippen molar-refractivity contribution in [2.45, 2.75) is 13.1 Å². The minimum atomic E-state index is -0.122. The molecule has 2 aliphatic heterocycles. The van der Waals surface area contributed by atoms with Crippen LogP contribution >= 0.6 is 0 Å². The van der Waals surface area contributed by atoms with Crippen LogP contribution in [0.5, 0.6) is 11.5 Å². The molecule has 3 heterocycles. The van der Waals surface area contributed by atoms with Crippen molar-refractivity contribution in [2.75, 3.05) is 6.73 Å². The first-order valence-corrected chi connectivity index (χ1v) is 9.18. The largest absolute Gasteiger partial charge is 0.478 e. The van der Waals surface area contributed by atoms with Gasteiger partial charge in [-0.05, 0) is 29.8 Å². The lowest BCUT2D eigenvalue weighted by atomic mass is 10.0. The number of nitrogens with zero attached hydrogens (tertiary/aromatic N) is 2. The Bertz CT molecular complexity index is 1060. The van der Waals surface area contributed by atoms with Crippen LogP contribution in [0.1, 0.15) is 27.2 Å². The van der Waals surface area contributed by atoms with E-state index in [1.54, 1.807) is 18.3 Å². The van der Waals surface area contributed by atoms with Gasteiger partial charge < -0.3 is 9.47 Å². The predicted octanol–water partition coefficient (Wildman–Crippen LogP) is 4.05. The van der Waals surface area contributed by atoms with Gasteiger partial charge in [0, 0.05) is 25.4 Å². The molecule has 0 radical (unpaired) electrons. The molecular formula is C23H18N2O3. The van der Waals surface area contributed by atoms with Gasteiger partial charge in [-0.15, -0.1) is 0 Å². The number of ketones is 1. The van der Waals surface area contributed by atoms with E-state index in [0.717, 1.165) is 17.9 Å². The summed E-state index contributed by atoms with van der Waals surface area (Å²) >= 11 is 0. The van der Waals surface area contributed by atoms with Gasteiger partial charge in [0.05, 0.1) is 16.8 Å². The van der Waals surface area contributed by atoms with E-state index in [0.29, 0.717) is 36.0 Å². The lowest BCUT2D eigenvalue weighted by Gasteiger charge is -2.29. The van der Waals surface area contributed by atoms with Gasteiger partial charge in [-0.25, -0.2) is 0 Å². The second-order valence-electron chi connectivity index (χ2n) is 6.86. The Morgan fingerprint density at radius 1 is 1.04 bits per heavy atom. The number of ether oxygens (including phenoxy) is 2. The Morgan fingerprint density at radius 2 is 1.89 bits per heavy atom. The molecule has 2 aromatic carbocycles. The summed E-state index contributed by atoms with van der Waals surface area (Å²) < 4.78 is 11.9. The van der Waals surface area contributed by atoms with Crippen molar-refractivity contribution in [2.24, 2.45) is 0 Å². The number of rotatable bonds is 3. The van der Waals surface area contributed by atoms with Crippen LogP contribution in [-0.2, 0) is 13.1 Å². The average Bonchev–Trinajstić information content (AvgIpc) is 3.05. The molecule has 0 N–H and O–H groups in total. The molecule has 0 atom stereocenters. The zero-order valence-electron chi connectivity index (χ0n) is 15.2.